The van der Waals surface area contributed by atoms with Crippen molar-refractivity contribution < 1.29 is 24.2 Å². The second-order valence-corrected chi connectivity index (χ2v) is 8.31. The Morgan fingerprint density at radius 1 is 1.21 bits per heavy atom. The molecule has 0 saturated heterocycles. The first-order valence-corrected chi connectivity index (χ1v) is 9.96. The van der Waals surface area contributed by atoms with Crippen molar-refractivity contribution in [2.45, 2.75) is 79.9 Å². The molecule has 0 aliphatic rings. The minimum Gasteiger partial charge on any atom is -0.460 e. The van der Waals surface area contributed by atoms with Gasteiger partial charge in [-0.2, -0.15) is 0 Å². The molecule has 0 aromatic carbocycles. The number of primary amides is 1. The van der Waals surface area contributed by atoms with Crippen molar-refractivity contribution in [3.8, 4) is 0 Å². The standard InChI is InChI=1S/C12H17NO2.C10H19NO3/c1-4-10-5-9(7-14)6-13-11(10)12(15)8(2)3;1-7(9(11)13)5-6-8(12)14-10(2,3)4/h5-6,8,14H,4,7H2,1-3H3;7H,5-6H2,1-4H3,(H2,11,13). The van der Waals surface area contributed by atoms with Crippen molar-refractivity contribution in [1.82, 2.24) is 4.98 Å². The number of ketones is 1. The summed E-state index contributed by atoms with van der Waals surface area (Å²) in [7, 11) is 0. The van der Waals surface area contributed by atoms with Crippen LogP contribution in [0, 0.1) is 11.8 Å². The first kappa shape index (κ1) is 26.7. The zero-order valence-electron chi connectivity index (χ0n) is 18.7. The molecule has 0 spiro atoms. The second kappa shape index (κ2) is 12.3. The Balaban J connectivity index is 0.000000543. The van der Waals surface area contributed by atoms with Gasteiger partial charge in [-0.15, -0.1) is 0 Å². The van der Waals surface area contributed by atoms with Gasteiger partial charge < -0.3 is 15.6 Å². The maximum atomic E-state index is 11.8. The second-order valence-electron chi connectivity index (χ2n) is 8.31. The third kappa shape index (κ3) is 10.7. The number of hydrogen-bond donors (Lipinski definition) is 2. The third-order valence-corrected chi connectivity index (χ3v) is 4.03. The number of nitrogens with zero attached hydrogens (tertiary/aromatic N) is 1. The summed E-state index contributed by atoms with van der Waals surface area (Å²) in [6, 6.07) is 1.85. The third-order valence-electron chi connectivity index (χ3n) is 4.03. The zero-order valence-corrected chi connectivity index (χ0v) is 18.7. The molecule has 29 heavy (non-hydrogen) atoms. The van der Waals surface area contributed by atoms with Crippen molar-refractivity contribution in [3.63, 3.8) is 0 Å². The van der Waals surface area contributed by atoms with Crippen LogP contribution in [0.1, 0.15) is 82.9 Å². The van der Waals surface area contributed by atoms with E-state index in [1.807, 2.05) is 47.6 Å². The van der Waals surface area contributed by atoms with Crippen molar-refractivity contribution in [2.75, 3.05) is 0 Å². The molecule has 7 heteroatoms. The Hall–Kier alpha value is -2.28. The van der Waals surface area contributed by atoms with E-state index in [2.05, 4.69) is 4.98 Å². The summed E-state index contributed by atoms with van der Waals surface area (Å²) in [4.78, 5) is 37.8. The molecule has 1 amide bonds. The van der Waals surface area contributed by atoms with Crippen LogP contribution in [0.2, 0.25) is 0 Å². The number of Topliss-reactive ketones (excluding diaryl/α,β-unsaturated/α-hetero) is 1. The van der Waals surface area contributed by atoms with Gasteiger partial charge in [0, 0.05) is 24.5 Å². The van der Waals surface area contributed by atoms with Crippen LogP contribution in [0.5, 0.6) is 0 Å². The highest BCUT2D eigenvalue weighted by atomic mass is 16.6. The lowest BCUT2D eigenvalue weighted by atomic mass is 9.99. The van der Waals surface area contributed by atoms with Crippen LogP contribution in [0.3, 0.4) is 0 Å². The molecule has 0 aliphatic heterocycles. The number of carbonyl (C=O) groups excluding carboxylic acids is 3. The number of hydrogen-bond acceptors (Lipinski definition) is 6. The lowest BCUT2D eigenvalue weighted by Crippen LogP contribution is -2.25. The Kier molecular flexibility index (Phi) is 11.3. The fraction of sp³-hybridized carbons (Fsp3) is 0.636. The summed E-state index contributed by atoms with van der Waals surface area (Å²) in [6.45, 7) is 12.8. The van der Waals surface area contributed by atoms with Gasteiger partial charge in [0.2, 0.25) is 5.91 Å². The Labute approximate surface area is 174 Å². The van der Waals surface area contributed by atoms with Crippen LogP contribution in [0.25, 0.3) is 0 Å². The van der Waals surface area contributed by atoms with Gasteiger partial charge in [0.15, 0.2) is 5.78 Å². The molecule has 7 nitrogen and oxygen atoms in total. The predicted octanol–water partition coefficient (Wildman–Crippen LogP) is 3.20. The zero-order chi connectivity index (χ0) is 22.8. The van der Waals surface area contributed by atoms with Gasteiger partial charge in [-0.3, -0.25) is 19.4 Å². The van der Waals surface area contributed by atoms with E-state index in [1.54, 1.807) is 13.1 Å². The average Bonchev–Trinajstić information content (AvgIpc) is 2.63. The molecule has 0 aliphatic carbocycles. The van der Waals surface area contributed by atoms with Crippen LogP contribution >= 0.6 is 0 Å². The van der Waals surface area contributed by atoms with E-state index in [4.69, 9.17) is 15.6 Å². The summed E-state index contributed by atoms with van der Waals surface area (Å²) in [5.41, 5.74) is 6.81. The van der Waals surface area contributed by atoms with Gasteiger partial charge in [0.25, 0.3) is 0 Å². The van der Waals surface area contributed by atoms with E-state index in [0.29, 0.717) is 12.1 Å². The molecular weight excluding hydrogens is 372 g/mol. The number of aryl methyl sites for hydroxylation is 1. The number of aliphatic hydroxyl groups excluding tert-OH is 1. The van der Waals surface area contributed by atoms with Gasteiger partial charge in [0.05, 0.1) is 6.61 Å². The molecule has 3 N–H and O–H groups in total. The van der Waals surface area contributed by atoms with Gasteiger partial charge in [-0.25, -0.2) is 0 Å². The molecule has 1 heterocycles. The lowest BCUT2D eigenvalue weighted by Gasteiger charge is -2.19. The molecule has 1 unspecified atom stereocenters. The van der Waals surface area contributed by atoms with Crippen molar-refractivity contribution in [1.29, 1.82) is 0 Å². The summed E-state index contributed by atoms with van der Waals surface area (Å²) in [5, 5.41) is 8.97. The molecule has 0 saturated carbocycles. The topological polar surface area (TPSA) is 120 Å². The SMILES string of the molecule is CC(CCC(=O)OC(C)(C)C)C(N)=O.CCc1cc(CO)cnc1C(=O)C(C)C. The number of aliphatic hydroxyl groups is 1. The molecule has 0 radical (unpaired) electrons. The minimum absolute atomic E-state index is 0.0316. The molecule has 1 atom stereocenters. The fourth-order valence-electron chi connectivity index (χ4n) is 2.28. The average molecular weight is 409 g/mol. The Bertz CT molecular complexity index is 693. The van der Waals surface area contributed by atoms with Crippen molar-refractivity contribution >= 4 is 17.7 Å². The van der Waals surface area contributed by atoms with E-state index < -0.39 is 5.60 Å². The number of ether oxygens (including phenoxy) is 1. The number of carbonyl (C=O) groups is 3. The number of esters is 1. The highest BCUT2D eigenvalue weighted by molar-refractivity contribution is 5.96. The first-order valence-electron chi connectivity index (χ1n) is 9.96. The molecule has 1 aromatic rings. The van der Waals surface area contributed by atoms with Crippen LogP contribution in [0.15, 0.2) is 12.3 Å². The molecule has 0 fully saturated rings. The summed E-state index contributed by atoms with van der Waals surface area (Å²) < 4.78 is 5.08. The monoisotopic (exact) mass is 408 g/mol. The Morgan fingerprint density at radius 3 is 2.21 bits per heavy atom. The number of rotatable bonds is 8. The van der Waals surface area contributed by atoms with E-state index in [0.717, 1.165) is 17.5 Å². The number of nitrogens with two attached hydrogens (primary N) is 1. The van der Waals surface area contributed by atoms with Crippen LogP contribution < -0.4 is 5.73 Å². The van der Waals surface area contributed by atoms with E-state index in [9.17, 15) is 14.4 Å². The van der Waals surface area contributed by atoms with Crippen LogP contribution in [0.4, 0.5) is 0 Å². The maximum absolute atomic E-state index is 11.8. The first-order chi connectivity index (χ1) is 13.3. The highest BCUT2D eigenvalue weighted by Crippen LogP contribution is 2.14. The van der Waals surface area contributed by atoms with Gasteiger partial charge in [-0.05, 0) is 50.8 Å². The van der Waals surface area contributed by atoms with Gasteiger partial charge >= 0.3 is 5.97 Å². The largest absolute Gasteiger partial charge is 0.460 e. The van der Waals surface area contributed by atoms with Crippen molar-refractivity contribution in [3.05, 3.63) is 29.1 Å². The number of aromatic nitrogens is 1. The molecule has 1 aromatic heterocycles. The highest BCUT2D eigenvalue weighted by Gasteiger charge is 2.18. The molecule has 0 bridgehead atoms. The van der Waals surface area contributed by atoms with Gasteiger partial charge in [0.1, 0.15) is 11.3 Å². The summed E-state index contributed by atoms with van der Waals surface area (Å²) in [6.07, 6.45) is 3.01. The lowest BCUT2D eigenvalue weighted by molar-refractivity contribution is -0.155. The van der Waals surface area contributed by atoms with E-state index in [1.165, 1.54) is 0 Å². The smallest absolute Gasteiger partial charge is 0.306 e. The Morgan fingerprint density at radius 2 is 1.79 bits per heavy atom. The summed E-state index contributed by atoms with van der Waals surface area (Å²) >= 11 is 0. The summed E-state index contributed by atoms with van der Waals surface area (Å²) in [5.74, 6) is -0.916. The normalized spacial score (nSPS) is 12.0. The molecular formula is C22H36N2O5. The predicted molar refractivity (Wildman–Crippen MR) is 112 cm³/mol. The minimum atomic E-state index is -0.465. The number of amides is 1. The molecule has 1 rings (SSSR count). The van der Waals surface area contributed by atoms with Crippen LogP contribution in [-0.4, -0.2) is 33.4 Å². The maximum Gasteiger partial charge on any atom is 0.306 e. The number of pyridine rings is 1. The quantitative estimate of drug-likeness (QED) is 0.503. The van der Waals surface area contributed by atoms with E-state index >= 15 is 0 Å². The molecule has 164 valence electrons. The van der Waals surface area contributed by atoms with Gasteiger partial charge in [-0.1, -0.05) is 27.7 Å². The van der Waals surface area contributed by atoms with E-state index in [-0.39, 0.29) is 42.5 Å². The van der Waals surface area contributed by atoms with Crippen LogP contribution in [-0.2, 0) is 27.4 Å². The fourth-order valence-corrected chi connectivity index (χ4v) is 2.28. The van der Waals surface area contributed by atoms with Crippen molar-refractivity contribution in [2.24, 2.45) is 17.6 Å².